The van der Waals surface area contributed by atoms with E-state index in [1.165, 1.54) is 6.08 Å². The summed E-state index contributed by atoms with van der Waals surface area (Å²) >= 11 is 0. The Hall–Kier alpha value is -2.96. The first-order valence-electron chi connectivity index (χ1n) is 7.01. The van der Waals surface area contributed by atoms with Gasteiger partial charge in [-0.25, -0.2) is 9.69 Å². The van der Waals surface area contributed by atoms with Crippen molar-refractivity contribution in [3.05, 3.63) is 42.0 Å². The second kappa shape index (κ2) is 6.43. The van der Waals surface area contributed by atoms with Gasteiger partial charge in [0.15, 0.2) is 0 Å². The Kier molecular flexibility index (Phi) is 4.59. The number of anilines is 1. The van der Waals surface area contributed by atoms with Crippen LogP contribution in [-0.2, 0) is 14.4 Å². The van der Waals surface area contributed by atoms with Crippen LogP contribution in [0.25, 0.3) is 0 Å². The summed E-state index contributed by atoms with van der Waals surface area (Å²) in [6, 6.07) is 4.61. The number of hydrogen-bond donors (Lipinski definition) is 1. The normalized spacial score (nSPS) is 14.4. The number of hydrogen-bond acceptors (Lipinski definition) is 4. The fourth-order valence-electron chi connectivity index (χ4n) is 2.20. The lowest BCUT2D eigenvalue weighted by Crippen LogP contribution is -2.39. The number of amides is 5. The number of urea groups is 1. The summed E-state index contributed by atoms with van der Waals surface area (Å²) in [6.45, 7) is 6.60. The molecule has 1 aromatic rings. The van der Waals surface area contributed by atoms with Crippen LogP contribution in [0.15, 0.2) is 30.9 Å². The van der Waals surface area contributed by atoms with Crippen LogP contribution < -0.4 is 5.32 Å². The zero-order chi connectivity index (χ0) is 17.1. The number of rotatable bonds is 5. The summed E-state index contributed by atoms with van der Waals surface area (Å²) in [6.07, 6.45) is 1.34. The smallest absolute Gasteiger partial charge is 0.324 e. The fourth-order valence-corrected chi connectivity index (χ4v) is 2.20. The molecule has 0 spiro atoms. The van der Waals surface area contributed by atoms with Crippen molar-refractivity contribution >= 4 is 29.4 Å². The molecule has 0 unspecified atom stereocenters. The summed E-state index contributed by atoms with van der Waals surface area (Å²) in [7, 11) is 0. The van der Waals surface area contributed by atoms with Gasteiger partial charge in [-0.3, -0.25) is 19.3 Å². The van der Waals surface area contributed by atoms with Crippen LogP contribution in [0.2, 0.25) is 0 Å². The molecule has 1 saturated heterocycles. The van der Waals surface area contributed by atoms with E-state index in [-0.39, 0.29) is 6.54 Å². The van der Waals surface area contributed by atoms with Gasteiger partial charge in [0.05, 0.1) is 0 Å². The highest BCUT2D eigenvalue weighted by Gasteiger charge is 2.44. The van der Waals surface area contributed by atoms with E-state index in [1.807, 2.05) is 19.9 Å². The lowest BCUT2D eigenvalue weighted by molar-refractivity contribution is -0.143. The molecule has 23 heavy (non-hydrogen) atoms. The quantitative estimate of drug-likeness (QED) is 0.503. The highest BCUT2D eigenvalue weighted by Crippen LogP contribution is 2.18. The van der Waals surface area contributed by atoms with Crippen LogP contribution in [0.4, 0.5) is 10.5 Å². The van der Waals surface area contributed by atoms with Crippen LogP contribution in [0.1, 0.15) is 11.1 Å². The van der Waals surface area contributed by atoms with Gasteiger partial charge in [0.25, 0.3) is 0 Å². The Labute approximate surface area is 133 Å². The van der Waals surface area contributed by atoms with Gasteiger partial charge >= 0.3 is 17.8 Å². The molecule has 0 radical (unpaired) electrons. The van der Waals surface area contributed by atoms with Crippen molar-refractivity contribution in [1.82, 2.24) is 9.80 Å². The molecule has 1 fully saturated rings. The maximum atomic E-state index is 12.1. The monoisotopic (exact) mass is 315 g/mol. The maximum Gasteiger partial charge on any atom is 0.335 e. The van der Waals surface area contributed by atoms with Crippen molar-refractivity contribution in [2.24, 2.45) is 0 Å². The van der Waals surface area contributed by atoms with E-state index in [0.29, 0.717) is 10.6 Å². The Morgan fingerprint density at radius 1 is 1.17 bits per heavy atom. The highest BCUT2D eigenvalue weighted by atomic mass is 16.2. The standard InChI is InChI=1S/C16H17N3O4/c1-4-8-18-14(21)15(22)19(16(18)23)9-13(20)17-12-7-5-6-10(2)11(12)3/h4-7H,1,8-9H2,2-3H3,(H,17,20). The van der Waals surface area contributed by atoms with Crippen LogP contribution in [0.5, 0.6) is 0 Å². The summed E-state index contributed by atoms with van der Waals surface area (Å²) in [5.74, 6) is -2.50. The average Bonchev–Trinajstić information content (AvgIpc) is 2.70. The minimum atomic E-state index is -1.01. The Balaban J connectivity index is 2.10. The highest BCUT2D eigenvalue weighted by molar-refractivity contribution is 6.45. The molecule has 1 aromatic carbocycles. The fraction of sp³-hybridized carbons (Fsp3) is 0.250. The number of aryl methyl sites for hydroxylation is 1. The van der Waals surface area contributed by atoms with Crippen LogP contribution in [-0.4, -0.2) is 46.6 Å². The van der Waals surface area contributed by atoms with Gasteiger partial charge < -0.3 is 5.32 Å². The van der Waals surface area contributed by atoms with E-state index in [9.17, 15) is 19.2 Å². The van der Waals surface area contributed by atoms with Crippen molar-refractivity contribution < 1.29 is 19.2 Å². The van der Waals surface area contributed by atoms with E-state index in [1.54, 1.807) is 12.1 Å². The van der Waals surface area contributed by atoms with E-state index >= 15 is 0 Å². The molecular weight excluding hydrogens is 298 g/mol. The molecule has 5 amide bonds. The van der Waals surface area contributed by atoms with Crippen molar-refractivity contribution in [3.8, 4) is 0 Å². The molecule has 1 aliphatic heterocycles. The third kappa shape index (κ3) is 3.13. The second-order valence-corrected chi connectivity index (χ2v) is 5.17. The lowest BCUT2D eigenvalue weighted by Gasteiger charge is -2.15. The first kappa shape index (κ1) is 16.4. The zero-order valence-corrected chi connectivity index (χ0v) is 13.0. The maximum absolute atomic E-state index is 12.1. The summed E-state index contributed by atoms with van der Waals surface area (Å²) in [5, 5.41) is 2.65. The third-order valence-electron chi connectivity index (χ3n) is 3.63. The van der Waals surface area contributed by atoms with E-state index in [0.717, 1.165) is 16.0 Å². The predicted molar refractivity (Wildman–Crippen MR) is 83.6 cm³/mol. The molecular formula is C16H17N3O4. The number of nitrogens with zero attached hydrogens (tertiary/aromatic N) is 2. The van der Waals surface area contributed by atoms with Gasteiger partial charge in [-0.05, 0) is 31.0 Å². The van der Waals surface area contributed by atoms with Crippen molar-refractivity contribution in [2.45, 2.75) is 13.8 Å². The van der Waals surface area contributed by atoms with Gasteiger partial charge in [0.1, 0.15) is 6.54 Å². The molecule has 1 heterocycles. The molecule has 0 aromatic heterocycles. The van der Waals surface area contributed by atoms with Gasteiger partial charge in [-0.2, -0.15) is 0 Å². The molecule has 1 aliphatic rings. The Morgan fingerprint density at radius 2 is 1.83 bits per heavy atom. The predicted octanol–water partition coefficient (Wildman–Crippen LogP) is 1.22. The first-order chi connectivity index (χ1) is 10.9. The molecule has 7 heteroatoms. The molecule has 7 nitrogen and oxygen atoms in total. The number of nitrogens with one attached hydrogen (secondary N) is 1. The number of imide groups is 2. The first-order valence-corrected chi connectivity index (χ1v) is 7.01. The number of carbonyl (C=O) groups is 4. The Morgan fingerprint density at radius 3 is 2.48 bits per heavy atom. The van der Waals surface area contributed by atoms with Crippen molar-refractivity contribution in [1.29, 1.82) is 0 Å². The topological polar surface area (TPSA) is 86.8 Å². The van der Waals surface area contributed by atoms with Crippen LogP contribution >= 0.6 is 0 Å². The van der Waals surface area contributed by atoms with Crippen molar-refractivity contribution in [3.63, 3.8) is 0 Å². The van der Waals surface area contributed by atoms with E-state index in [4.69, 9.17) is 0 Å². The van der Waals surface area contributed by atoms with E-state index < -0.39 is 30.3 Å². The molecule has 1 N–H and O–H groups in total. The lowest BCUT2D eigenvalue weighted by atomic mass is 10.1. The minimum absolute atomic E-state index is 0.0709. The molecule has 0 atom stereocenters. The number of carbonyl (C=O) groups excluding carboxylic acids is 4. The molecule has 0 saturated carbocycles. The van der Waals surface area contributed by atoms with Gasteiger partial charge in [-0.1, -0.05) is 18.2 Å². The zero-order valence-electron chi connectivity index (χ0n) is 13.0. The largest absolute Gasteiger partial charge is 0.335 e. The molecule has 0 bridgehead atoms. The molecule has 120 valence electrons. The summed E-state index contributed by atoms with van der Waals surface area (Å²) < 4.78 is 0. The minimum Gasteiger partial charge on any atom is -0.324 e. The number of benzene rings is 1. The van der Waals surface area contributed by atoms with Crippen LogP contribution in [0, 0.1) is 13.8 Å². The molecule has 2 rings (SSSR count). The second-order valence-electron chi connectivity index (χ2n) is 5.17. The molecule has 0 aliphatic carbocycles. The van der Waals surface area contributed by atoms with Crippen molar-refractivity contribution in [2.75, 3.05) is 18.4 Å². The van der Waals surface area contributed by atoms with Gasteiger partial charge in [0, 0.05) is 12.2 Å². The third-order valence-corrected chi connectivity index (χ3v) is 3.63. The van der Waals surface area contributed by atoms with Gasteiger partial charge in [-0.15, -0.1) is 6.58 Å². The van der Waals surface area contributed by atoms with Crippen LogP contribution in [0.3, 0.4) is 0 Å². The van der Waals surface area contributed by atoms with Gasteiger partial charge in [0.2, 0.25) is 5.91 Å². The average molecular weight is 315 g/mol. The summed E-state index contributed by atoms with van der Waals surface area (Å²) in [4.78, 5) is 49.0. The SMILES string of the molecule is C=CCN1C(=O)C(=O)N(CC(=O)Nc2cccc(C)c2C)C1=O. The Bertz CT molecular complexity index is 711. The van der Waals surface area contributed by atoms with E-state index in [2.05, 4.69) is 11.9 Å². The summed E-state index contributed by atoms with van der Waals surface area (Å²) in [5.41, 5.74) is 2.50.